The Kier molecular flexibility index (Phi) is 9.29. The van der Waals surface area contributed by atoms with E-state index in [1.807, 2.05) is 67.1 Å². The molecule has 0 fully saturated rings. The molecule has 0 aliphatic heterocycles. The number of carbonyl (C=O) groups is 1. The minimum Gasteiger partial charge on any atom is -0.448 e. The molecule has 0 bridgehead atoms. The van der Waals surface area contributed by atoms with Gasteiger partial charge in [0.15, 0.2) is 6.03 Å². The van der Waals surface area contributed by atoms with E-state index in [-0.39, 0.29) is 46.6 Å². The number of benzene rings is 3. The fourth-order valence-corrected chi connectivity index (χ4v) is 4.87. The van der Waals surface area contributed by atoms with Crippen molar-refractivity contribution < 1.29 is 42.8 Å². The van der Waals surface area contributed by atoms with Gasteiger partial charge in [0.1, 0.15) is 0 Å². The van der Waals surface area contributed by atoms with Crippen molar-refractivity contribution in [2.75, 3.05) is 6.54 Å². The first-order valence-corrected chi connectivity index (χ1v) is 12.7. The van der Waals surface area contributed by atoms with Crippen LogP contribution in [-0.4, -0.2) is 30.8 Å². The van der Waals surface area contributed by atoms with E-state index in [0.717, 1.165) is 33.8 Å². The second-order valence-electron chi connectivity index (χ2n) is 8.18. The first-order chi connectivity index (χ1) is 17.3. The molecule has 0 saturated carbocycles. The molecule has 182 valence electrons. The van der Waals surface area contributed by atoms with Gasteiger partial charge in [0, 0.05) is 11.3 Å². The number of rotatable bonds is 7. The predicted octanol–water partition coefficient (Wildman–Crippen LogP) is 2.05. The quantitative estimate of drug-likeness (QED) is 0.374. The minimum absolute atomic E-state index is 0. The van der Waals surface area contributed by atoms with E-state index < -0.39 is 16.1 Å². The molecule has 0 atom stereocenters. The third-order valence-corrected chi connectivity index (χ3v) is 6.94. The fraction of sp³-hybridized carbons (Fsp3) is 0.148. The summed E-state index contributed by atoms with van der Waals surface area (Å²) in [7, 11) is -4.20. The number of nitrogens with one attached hydrogen (secondary N) is 1. The molecule has 4 rings (SSSR count). The largest absolute Gasteiger partial charge is 1.00 e. The minimum atomic E-state index is -4.20. The maximum atomic E-state index is 12.3. The van der Waals surface area contributed by atoms with Gasteiger partial charge in [-0.25, -0.2) is 13.1 Å². The van der Waals surface area contributed by atoms with Crippen LogP contribution in [0.25, 0.3) is 21.5 Å². The van der Waals surface area contributed by atoms with Crippen LogP contribution in [0.2, 0.25) is 0 Å². The second-order valence-corrected chi connectivity index (χ2v) is 9.78. The van der Waals surface area contributed by atoms with Crippen molar-refractivity contribution in [3.8, 4) is 22.9 Å². The van der Waals surface area contributed by atoms with E-state index >= 15 is 0 Å². The van der Waals surface area contributed by atoms with E-state index in [1.165, 1.54) is 24.3 Å². The van der Waals surface area contributed by atoms with Crippen LogP contribution in [0.4, 0.5) is 4.79 Å². The third-order valence-electron chi connectivity index (χ3n) is 5.69. The van der Waals surface area contributed by atoms with Crippen molar-refractivity contribution in [2.24, 2.45) is 0 Å². The Morgan fingerprint density at radius 3 is 2.41 bits per heavy atom. The molecule has 0 spiro atoms. The smallest absolute Gasteiger partial charge is 0.448 e. The van der Waals surface area contributed by atoms with Gasteiger partial charge in [0.25, 0.3) is 0 Å². The number of aromatic nitrogens is 2. The van der Waals surface area contributed by atoms with Crippen molar-refractivity contribution in [1.82, 2.24) is 15.1 Å². The van der Waals surface area contributed by atoms with Crippen molar-refractivity contribution in [3.63, 3.8) is 0 Å². The van der Waals surface area contributed by atoms with Crippen LogP contribution in [0.15, 0.2) is 83.8 Å². The number of hydrogen-bond acceptors (Lipinski definition) is 5. The molecule has 0 unspecified atom stereocenters. The number of sulfonamides is 1. The van der Waals surface area contributed by atoms with Crippen LogP contribution >= 0.6 is 0 Å². The summed E-state index contributed by atoms with van der Waals surface area (Å²) in [6.07, 6.45) is 0.498. The topological polar surface area (TPSA) is 119 Å². The van der Waals surface area contributed by atoms with Crippen LogP contribution in [0.5, 0.6) is 0 Å². The molecule has 2 amide bonds. The molecule has 10 heteroatoms. The molecule has 0 aliphatic carbocycles. The van der Waals surface area contributed by atoms with Gasteiger partial charge in [-0.05, 0) is 68.3 Å². The standard InChI is InChI=1S/C27H25N5O3S.Na/c1-19-26(23-8-4-3-5-9-23)20(2)32(30-19)24-13-11-21(12-14-24)15-16-29-27(33)31-36(34,35)25-10-6-7-22(17-25)18-28;/h3-14,17H,15-16H2,1-2H3,(H2,29,31,33);/q;+1/p-1. The summed E-state index contributed by atoms with van der Waals surface area (Å²) >= 11 is 0. The maximum absolute atomic E-state index is 12.3. The number of carbonyl (C=O) groups excluding carboxylic acids is 1. The molecule has 0 saturated heterocycles. The first-order valence-electron chi connectivity index (χ1n) is 11.3. The molecule has 0 aliphatic rings. The Balaban J connectivity index is 0.00000380. The summed E-state index contributed by atoms with van der Waals surface area (Å²) in [5.41, 5.74) is 6.29. The summed E-state index contributed by atoms with van der Waals surface area (Å²) in [6.45, 7) is 4.25. The molecule has 1 aromatic heterocycles. The molecule has 8 nitrogen and oxygen atoms in total. The number of hydrogen-bond donors (Lipinski definition) is 1. The second kappa shape index (κ2) is 12.2. The van der Waals surface area contributed by atoms with Crippen molar-refractivity contribution in [1.29, 1.82) is 5.26 Å². The summed E-state index contributed by atoms with van der Waals surface area (Å²) in [5.74, 6) is 0. The number of aryl methyl sites for hydroxylation is 1. The van der Waals surface area contributed by atoms with E-state index in [2.05, 4.69) is 22.2 Å². The van der Waals surface area contributed by atoms with Gasteiger partial charge in [-0.1, -0.05) is 48.5 Å². The average molecular weight is 522 g/mol. The molecular formula is C27H24N5NaO3S. The third kappa shape index (κ3) is 6.67. The molecule has 1 N–H and O–H groups in total. The number of urea groups is 1. The van der Waals surface area contributed by atoms with Crippen LogP contribution in [0.1, 0.15) is 22.5 Å². The Labute approximate surface area is 238 Å². The zero-order valence-electron chi connectivity index (χ0n) is 20.8. The van der Waals surface area contributed by atoms with Crippen LogP contribution in [-0.2, 0) is 16.4 Å². The van der Waals surface area contributed by atoms with Gasteiger partial charge in [0.05, 0.1) is 27.9 Å². The van der Waals surface area contributed by atoms with Crippen LogP contribution in [0.3, 0.4) is 0 Å². The van der Waals surface area contributed by atoms with Crippen molar-refractivity contribution in [2.45, 2.75) is 25.2 Å². The molecule has 0 radical (unpaired) electrons. The predicted molar refractivity (Wildman–Crippen MR) is 137 cm³/mol. The molecule has 3 aromatic carbocycles. The van der Waals surface area contributed by atoms with E-state index in [1.54, 1.807) is 0 Å². The van der Waals surface area contributed by atoms with Crippen LogP contribution in [0, 0.1) is 25.2 Å². The zero-order valence-corrected chi connectivity index (χ0v) is 23.7. The zero-order chi connectivity index (χ0) is 25.7. The summed E-state index contributed by atoms with van der Waals surface area (Å²) in [5, 5.41) is 16.1. The number of nitrogens with zero attached hydrogens (tertiary/aromatic N) is 4. The van der Waals surface area contributed by atoms with Gasteiger partial charge >= 0.3 is 29.6 Å². The van der Waals surface area contributed by atoms with E-state index in [4.69, 9.17) is 10.4 Å². The normalized spacial score (nSPS) is 10.7. The summed E-state index contributed by atoms with van der Waals surface area (Å²) < 4.78 is 29.8. The summed E-state index contributed by atoms with van der Waals surface area (Å²) in [6, 6.07) is 24.2. The Bertz CT molecular complexity index is 1540. The SMILES string of the molecule is Cc1nn(-c2ccc(CCNC(=O)[N-]S(=O)(=O)c3cccc(C#N)c3)cc2)c(C)c1-c1ccccc1.[Na+]. The molecule has 1 heterocycles. The van der Waals surface area contributed by atoms with Gasteiger partial charge in [-0.15, -0.1) is 0 Å². The van der Waals surface area contributed by atoms with Gasteiger partial charge in [0.2, 0.25) is 10.0 Å². The average Bonchev–Trinajstić information content (AvgIpc) is 3.18. The molecule has 37 heavy (non-hydrogen) atoms. The molecule has 4 aromatic rings. The van der Waals surface area contributed by atoms with E-state index in [9.17, 15) is 13.2 Å². The monoisotopic (exact) mass is 521 g/mol. The summed E-state index contributed by atoms with van der Waals surface area (Å²) in [4.78, 5) is 11.9. The van der Waals surface area contributed by atoms with Crippen LogP contribution < -0.4 is 34.9 Å². The fourth-order valence-electron chi connectivity index (χ4n) is 3.95. The Morgan fingerprint density at radius 1 is 1.03 bits per heavy atom. The number of nitriles is 1. The van der Waals surface area contributed by atoms with Crippen molar-refractivity contribution >= 4 is 16.1 Å². The van der Waals surface area contributed by atoms with Gasteiger partial charge < -0.3 is 10.0 Å². The van der Waals surface area contributed by atoms with Gasteiger partial charge in [-0.2, -0.15) is 10.4 Å². The van der Waals surface area contributed by atoms with Gasteiger partial charge in [-0.3, -0.25) is 4.79 Å². The van der Waals surface area contributed by atoms with Crippen molar-refractivity contribution in [3.05, 3.63) is 106 Å². The van der Waals surface area contributed by atoms with E-state index in [0.29, 0.717) is 6.42 Å². The maximum Gasteiger partial charge on any atom is 1.00 e. The Hall–Kier alpha value is -3.42. The first kappa shape index (κ1) is 28.2. The Morgan fingerprint density at radius 2 is 1.73 bits per heavy atom. The number of amides is 2. The molecular weight excluding hydrogens is 497 g/mol.